The molecule has 0 bridgehead atoms. The first-order valence-corrected chi connectivity index (χ1v) is 11.8. The number of allylic oxidation sites excluding steroid dienone is 2. The van der Waals surface area contributed by atoms with Gasteiger partial charge in [0.15, 0.2) is 12.4 Å². The fraction of sp³-hybridized carbons (Fsp3) is 0.400. The predicted octanol–water partition coefficient (Wildman–Crippen LogP) is -7.33. The molecule has 0 saturated carbocycles. The first-order chi connectivity index (χ1) is 15.2. The molecule has 0 N–H and O–H groups in total. The first-order valence-electron chi connectivity index (χ1n) is 9.32. The summed E-state index contributed by atoms with van der Waals surface area (Å²) < 4.78 is 72.1. The van der Waals surface area contributed by atoms with Crippen LogP contribution in [-0.4, -0.2) is 87.8 Å². The quantitative estimate of drug-likeness (QED) is 0.253. The molecule has 0 saturated heterocycles. The van der Waals surface area contributed by atoms with E-state index >= 15 is 0 Å². The molecule has 0 amide bonds. The highest BCUT2D eigenvalue weighted by atomic mass is 35.7. The van der Waals surface area contributed by atoms with E-state index in [0.29, 0.717) is 0 Å². The van der Waals surface area contributed by atoms with Gasteiger partial charge in [-0.15, -0.1) is 20.5 Å². The van der Waals surface area contributed by atoms with Crippen LogP contribution in [0.4, 0.5) is 0 Å². The average molecular weight is 527 g/mol. The second-order valence-corrected chi connectivity index (χ2v) is 9.13. The third-order valence-electron chi connectivity index (χ3n) is 3.12. The van der Waals surface area contributed by atoms with Crippen LogP contribution in [-0.2, 0) is 0 Å². The molecular formula is C20H32Cl2N4O8. The summed E-state index contributed by atoms with van der Waals surface area (Å²) in [7, 11) is 6.48. The van der Waals surface area contributed by atoms with E-state index in [4.69, 9.17) is 37.3 Å². The van der Waals surface area contributed by atoms with Crippen molar-refractivity contribution in [2.75, 3.05) is 56.4 Å². The van der Waals surface area contributed by atoms with Gasteiger partial charge in [-0.2, -0.15) is 0 Å². The molecule has 1 aromatic rings. The maximum Gasteiger partial charge on any atom is 0.172 e. The lowest BCUT2D eigenvalue weighted by Crippen LogP contribution is -2.68. The van der Waals surface area contributed by atoms with Crippen molar-refractivity contribution in [1.29, 1.82) is 0 Å². The highest BCUT2D eigenvalue weighted by molar-refractivity contribution is 6.10. The van der Waals surface area contributed by atoms with Crippen molar-refractivity contribution in [3.8, 4) is 0 Å². The van der Waals surface area contributed by atoms with Gasteiger partial charge in [-0.05, 0) is 17.2 Å². The minimum absolute atomic E-state index is 1.18. The second kappa shape index (κ2) is 15.7. The summed E-state index contributed by atoms with van der Waals surface area (Å²) >= 11 is 0. The molecule has 34 heavy (non-hydrogen) atoms. The summed E-state index contributed by atoms with van der Waals surface area (Å²) in [6.07, 6.45) is 8.57. The Morgan fingerprint density at radius 3 is 1.12 bits per heavy atom. The largest absolute Gasteiger partial charge is 0.383 e. The standard InChI is InChI=1S/C20H32N4.2ClHO4/c1-21(2)13-19(14-22(3)4)17-10-9-11-18(12-17)20(15-23(5)6)16-24(7)8;2*2-1(3,4)5/h9-16H,1-8H3;2*(H,2,3,4,5)/q+2;;/p-2. The molecule has 0 aromatic heterocycles. The van der Waals surface area contributed by atoms with E-state index in [9.17, 15) is 0 Å². The van der Waals surface area contributed by atoms with E-state index in [1.165, 1.54) is 22.3 Å². The topological polar surface area (TPSA) is 197 Å². The summed E-state index contributed by atoms with van der Waals surface area (Å²) in [5, 5.41) is 0. The van der Waals surface area contributed by atoms with Crippen LogP contribution in [0.3, 0.4) is 0 Å². The zero-order chi connectivity index (χ0) is 27.3. The highest BCUT2D eigenvalue weighted by Gasteiger charge is 2.09. The number of nitrogens with zero attached hydrogens (tertiary/aromatic N) is 4. The molecule has 194 valence electrons. The van der Waals surface area contributed by atoms with Gasteiger partial charge in [0.2, 0.25) is 0 Å². The van der Waals surface area contributed by atoms with Crippen LogP contribution in [0, 0.1) is 20.5 Å². The summed E-state index contributed by atoms with van der Waals surface area (Å²) in [5.74, 6) is 0. The Labute approximate surface area is 204 Å². The lowest BCUT2D eigenvalue weighted by molar-refractivity contribution is -2.00. The Morgan fingerprint density at radius 2 is 0.912 bits per heavy atom. The molecule has 1 aromatic carbocycles. The van der Waals surface area contributed by atoms with Gasteiger partial charge in [0.05, 0.1) is 11.1 Å². The summed E-state index contributed by atoms with van der Waals surface area (Å²) in [6, 6.07) is 8.67. The molecule has 0 radical (unpaired) electrons. The fourth-order valence-corrected chi connectivity index (χ4v) is 2.36. The Balaban J connectivity index is 0. The summed E-state index contributed by atoms with van der Waals surface area (Å²) in [4.78, 5) is 4.15. The molecule has 0 aliphatic rings. The Morgan fingerprint density at radius 1 is 0.647 bits per heavy atom. The molecule has 0 spiro atoms. The minimum atomic E-state index is -4.94. The van der Waals surface area contributed by atoms with Gasteiger partial charge < -0.3 is 9.80 Å². The number of rotatable bonds is 6. The lowest BCUT2D eigenvalue weighted by atomic mass is 10.0. The zero-order valence-electron chi connectivity index (χ0n) is 20.4. The highest BCUT2D eigenvalue weighted by Crippen LogP contribution is 2.20. The average Bonchev–Trinajstić information content (AvgIpc) is 2.56. The first kappa shape index (κ1) is 34.1. The molecule has 0 aliphatic carbocycles. The second-order valence-electron chi connectivity index (χ2n) is 7.62. The van der Waals surface area contributed by atoms with Gasteiger partial charge in [-0.1, -0.05) is 18.2 Å². The zero-order valence-corrected chi connectivity index (χ0v) is 21.9. The predicted molar refractivity (Wildman–Crippen MR) is 106 cm³/mol. The fourth-order valence-electron chi connectivity index (χ4n) is 2.36. The van der Waals surface area contributed by atoms with E-state index in [0.717, 1.165) is 0 Å². The minimum Gasteiger partial charge on any atom is -0.383 e. The van der Waals surface area contributed by atoms with Crippen molar-refractivity contribution in [3.63, 3.8) is 0 Å². The van der Waals surface area contributed by atoms with Crippen LogP contribution in [0.25, 0.3) is 11.1 Å². The van der Waals surface area contributed by atoms with Crippen LogP contribution in [0.2, 0.25) is 0 Å². The van der Waals surface area contributed by atoms with Crippen molar-refractivity contribution < 1.29 is 66.9 Å². The number of hydrogen-bond donors (Lipinski definition) is 0. The van der Waals surface area contributed by atoms with Crippen molar-refractivity contribution in [2.45, 2.75) is 0 Å². The van der Waals surface area contributed by atoms with E-state index in [1.54, 1.807) is 0 Å². The smallest absolute Gasteiger partial charge is 0.172 e. The van der Waals surface area contributed by atoms with E-state index < -0.39 is 20.5 Å². The molecule has 0 aliphatic heterocycles. The summed E-state index contributed by atoms with van der Waals surface area (Å²) in [5.41, 5.74) is 4.76. The molecule has 12 nitrogen and oxygen atoms in total. The Hall–Kier alpha value is -2.10. The van der Waals surface area contributed by atoms with E-state index in [1.807, 2.05) is 56.4 Å². The Bertz CT molecular complexity index is 787. The normalized spacial score (nSPS) is 11.9. The van der Waals surface area contributed by atoms with Gasteiger partial charge in [0.25, 0.3) is 0 Å². The van der Waals surface area contributed by atoms with Crippen LogP contribution < -0.4 is 37.3 Å². The maximum absolute atomic E-state index is 8.49. The maximum atomic E-state index is 8.49. The molecule has 0 fully saturated rings. The van der Waals surface area contributed by atoms with Gasteiger partial charge >= 0.3 is 0 Å². The third kappa shape index (κ3) is 24.5. The van der Waals surface area contributed by atoms with Crippen LogP contribution in [0.1, 0.15) is 11.1 Å². The van der Waals surface area contributed by atoms with E-state index in [-0.39, 0.29) is 0 Å². The number of hydrogen-bond acceptors (Lipinski definition) is 10. The lowest BCUT2D eigenvalue weighted by Gasteiger charge is -2.17. The molecule has 14 heteroatoms. The number of halogens is 2. The molecule has 0 atom stereocenters. The molecular weight excluding hydrogens is 495 g/mol. The van der Waals surface area contributed by atoms with Gasteiger partial charge in [0, 0.05) is 40.6 Å². The number of benzene rings is 1. The van der Waals surface area contributed by atoms with Crippen molar-refractivity contribution in [2.24, 2.45) is 0 Å². The van der Waals surface area contributed by atoms with Crippen LogP contribution in [0.15, 0.2) is 36.7 Å². The molecule has 0 unspecified atom stereocenters. The van der Waals surface area contributed by atoms with Crippen LogP contribution in [0.5, 0.6) is 0 Å². The third-order valence-corrected chi connectivity index (χ3v) is 3.12. The van der Waals surface area contributed by atoms with Gasteiger partial charge in [-0.25, -0.2) is 46.4 Å². The van der Waals surface area contributed by atoms with Crippen LogP contribution >= 0.6 is 0 Å². The molecule has 0 heterocycles. The summed E-state index contributed by atoms with van der Waals surface area (Å²) in [6.45, 7) is 0. The van der Waals surface area contributed by atoms with Gasteiger partial charge in [-0.3, -0.25) is 0 Å². The van der Waals surface area contributed by atoms with Crippen molar-refractivity contribution >= 4 is 23.6 Å². The van der Waals surface area contributed by atoms with Crippen molar-refractivity contribution in [3.05, 3.63) is 47.8 Å². The van der Waals surface area contributed by atoms with E-state index in [2.05, 4.69) is 68.0 Å². The SMILES string of the molecule is CN(C)/C=C(\C=[N+](C)C)c1cccc(/C(C=[N+](C)C)=C/N(C)C)c1.[O-][Cl+3]([O-])([O-])[O-].[O-][Cl+3]([O-])([O-])[O-]. The van der Waals surface area contributed by atoms with Gasteiger partial charge in [0.1, 0.15) is 28.2 Å². The molecule has 1 rings (SSSR count). The Kier molecular flexibility index (Phi) is 15.8. The van der Waals surface area contributed by atoms with Crippen molar-refractivity contribution in [1.82, 2.24) is 9.80 Å². The monoisotopic (exact) mass is 526 g/mol.